The Hall–Kier alpha value is -3.07. The minimum atomic E-state index is -0.566. The van der Waals surface area contributed by atoms with Crippen LogP contribution in [0.1, 0.15) is 11.1 Å². The van der Waals surface area contributed by atoms with Crippen LogP contribution in [0.2, 0.25) is 0 Å². The molecule has 0 saturated heterocycles. The van der Waals surface area contributed by atoms with E-state index in [4.69, 9.17) is 10.00 Å². The summed E-state index contributed by atoms with van der Waals surface area (Å²) < 4.78 is 5.18. The first-order valence-corrected chi connectivity index (χ1v) is 6.15. The van der Waals surface area contributed by atoms with E-state index in [9.17, 15) is 10.1 Å². The van der Waals surface area contributed by atoms with Crippen LogP contribution in [-0.4, -0.2) is 12.0 Å². The Morgan fingerprint density at radius 1 is 1.24 bits per heavy atom. The molecule has 0 radical (unpaired) electrons. The highest BCUT2D eigenvalue weighted by Gasteiger charge is 2.14. The number of nitriles is 1. The highest BCUT2D eigenvalue weighted by molar-refractivity contribution is 5.66. The van der Waals surface area contributed by atoms with Gasteiger partial charge in [0.25, 0.3) is 5.69 Å². The Morgan fingerprint density at radius 3 is 2.48 bits per heavy atom. The number of rotatable bonds is 4. The molecule has 0 bridgehead atoms. The number of nitrogens with one attached hydrogen (secondary N) is 1. The van der Waals surface area contributed by atoms with Crippen LogP contribution in [0.4, 0.5) is 17.1 Å². The molecule has 0 fully saturated rings. The summed E-state index contributed by atoms with van der Waals surface area (Å²) in [5.41, 5.74) is 2.10. The van der Waals surface area contributed by atoms with Crippen molar-refractivity contribution in [3.8, 4) is 11.8 Å². The maximum Gasteiger partial charge on any atom is 0.289 e. The van der Waals surface area contributed by atoms with Crippen molar-refractivity contribution >= 4 is 17.1 Å². The van der Waals surface area contributed by atoms with Gasteiger partial charge in [0, 0.05) is 17.4 Å². The molecule has 0 aliphatic heterocycles. The lowest BCUT2D eigenvalue weighted by Crippen LogP contribution is -1.96. The predicted octanol–water partition coefficient (Wildman–Crippen LogP) is 3.53. The molecule has 6 heteroatoms. The van der Waals surface area contributed by atoms with Crippen molar-refractivity contribution in [2.24, 2.45) is 0 Å². The molecule has 1 N–H and O–H groups in total. The molecule has 0 atom stereocenters. The van der Waals surface area contributed by atoms with Gasteiger partial charge in [0.05, 0.1) is 12.0 Å². The summed E-state index contributed by atoms with van der Waals surface area (Å²) in [6.45, 7) is 1.91. The summed E-state index contributed by atoms with van der Waals surface area (Å²) in [5, 5.41) is 22.9. The second-order valence-corrected chi connectivity index (χ2v) is 4.41. The van der Waals surface area contributed by atoms with E-state index in [1.807, 2.05) is 25.1 Å². The first-order valence-electron chi connectivity index (χ1n) is 6.15. The first kappa shape index (κ1) is 14.3. The Kier molecular flexibility index (Phi) is 4.05. The van der Waals surface area contributed by atoms with Gasteiger partial charge in [-0.05, 0) is 42.8 Å². The lowest BCUT2D eigenvalue weighted by molar-refractivity contribution is -0.385. The SMILES string of the molecule is COc1ccc(Nc2ccc(C#N)c([N+](=O)[O-])c2)cc1C. The smallest absolute Gasteiger partial charge is 0.289 e. The minimum absolute atomic E-state index is 0.0384. The monoisotopic (exact) mass is 283 g/mol. The number of ether oxygens (including phenoxy) is 1. The van der Waals surface area contributed by atoms with Crippen molar-refractivity contribution in [1.82, 2.24) is 0 Å². The van der Waals surface area contributed by atoms with Gasteiger partial charge in [-0.1, -0.05) is 0 Å². The number of hydrogen-bond donors (Lipinski definition) is 1. The lowest BCUT2D eigenvalue weighted by atomic mass is 10.1. The minimum Gasteiger partial charge on any atom is -0.496 e. The molecular weight excluding hydrogens is 270 g/mol. The van der Waals surface area contributed by atoms with Gasteiger partial charge >= 0.3 is 0 Å². The number of nitrogens with zero attached hydrogens (tertiary/aromatic N) is 2. The molecule has 2 aromatic rings. The van der Waals surface area contributed by atoms with Crippen molar-refractivity contribution in [2.45, 2.75) is 6.92 Å². The van der Waals surface area contributed by atoms with Crippen LogP contribution in [0.25, 0.3) is 0 Å². The maximum absolute atomic E-state index is 10.9. The second-order valence-electron chi connectivity index (χ2n) is 4.41. The van der Waals surface area contributed by atoms with Crippen LogP contribution in [0.5, 0.6) is 5.75 Å². The van der Waals surface area contributed by atoms with E-state index in [-0.39, 0.29) is 11.3 Å². The molecule has 0 saturated carbocycles. The second kappa shape index (κ2) is 5.92. The third kappa shape index (κ3) is 3.09. The Bertz CT molecular complexity index is 735. The average molecular weight is 283 g/mol. The quantitative estimate of drug-likeness (QED) is 0.685. The molecule has 0 amide bonds. The van der Waals surface area contributed by atoms with E-state index < -0.39 is 4.92 Å². The number of nitro groups is 1. The summed E-state index contributed by atoms with van der Waals surface area (Å²) in [4.78, 5) is 10.4. The highest BCUT2D eigenvalue weighted by atomic mass is 16.6. The molecule has 6 nitrogen and oxygen atoms in total. The molecule has 0 unspecified atom stereocenters. The van der Waals surface area contributed by atoms with Gasteiger partial charge in [0.15, 0.2) is 0 Å². The van der Waals surface area contributed by atoms with Crippen molar-refractivity contribution in [2.75, 3.05) is 12.4 Å². The van der Waals surface area contributed by atoms with E-state index in [0.717, 1.165) is 17.0 Å². The van der Waals surface area contributed by atoms with Crippen LogP contribution < -0.4 is 10.1 Å². The zero-order chi connectivity index (χ0) is 15.4. The fourth-order valence-corrected chi connectivity index (χ4v) is 1.98. The van der Waals surface area contributed by atoms with E-state index >= 15 is 0 Å². The average Bonchev–Trinajstić information content (AvgIpc) is 2.47. The Balaban J connectivity index is 2.32. The van der Waals surface area contributed by atoms with Gasteiger partial charge in [-0.3, -0.25) is 10.1 Å². The lowest BCUT2D eigenvalue weighted by Gasteiger charge is -2.10. The first-order chi connectivity index (χ1) is 10.0. The molecule has 0 spiro atoms. The van der Waals surface area contributed by atoms with Gasteiger partial charge < -0.3 is 10.1 Å². The van der Waals surface area contributed by atoms with Gasteiger partial charge in [0.2, 0.25) is 0 Å². The highest BCUT2D eigenvalue weighted by Crippen LogP contribution is 2.27. The molecule has 0 aliphatic carbocycles. The Morgan fingerprint density at radius 2 is 1.90 bits per heavy atom. The molecule has 0 aliphatic rings. The standard InChI is InChI=1S/C15H13N3O3/c1-10-7-12(5-6-15(10)21-2)17-13-4-3-11(9-16)14(8-13)18(19)20/h3-8,17H,1-2H3. The number of methoxy groups -OCH3 is 1. The largest absolute Gasteiger partial charge is 0.496 e. The molecule has 0 aromatic heterocycles. The zero-order valence-electron chi connectivity index (χ0n) is 11.6. The normalized spacial score (nSPS) is 9.76. The molecule has 2 aromatic carbocycles. The van der Waals surface area contributed by atoms with Crippen LogP contribution in [-0.2, 0) is 0 Å². The van der Waals surface area contributed by atoms with Gasteiger partial charge in [0.1, 0.15) is 17.4 Å². The van der Waals surface area contributed by atoms with Crippen LogP contribution >= 0.6 is 0 Å². The summed E-state index contributed by atoms with van der Waals surface area (Å²) in [6.07, 6.45) is 0. The summed E-state index contributed by atoms with van der Waals surface area (Å²) in [7, 11) is 1.60. The topological polar surface area (TPSA) is 88.2 Å². The van der Waals surface area contributed by atoms with Gasteiger partial charge in [-0.25, -0.2) is 0 Å². The van der Waals surface area contributed by atoms with Crippen LogP contribution in [0, 0.1) is 28.4 Å². The number of hydrogen-bond acceptors (Lipinski definition) is 5. The summed E-state index contributed by atoms with van der Waals surface area (Å²) in [6, 6.07) is 11.7. The van der Waals surface area contributed by atoms with Crippen molar-refractivity contribution in [3.05, 3.63) is 57.6 Å². The number of nitro benzene ring substituents is 1. The van der Waals surface area contributed by atoms with E-state index in [1.54, 1.807) is 19.2 Å². The van der Waals surface area contributed by atoms with Crippen molar-refractivity contribution in [3.63, 3.8) is 0 Å². The van der Waals surface area contributed by atoms with Gasteiger partial charge in [-0.15, -0.1) is 0 Å². The predicted molar refractivity (Wildman–Crippen MR) is 78.8 cm³/mol. The fraction of sp³-hybridized carbons (Fsp3) is 0.133. The number of anilines is 2. The van der Waals surface area contributed by atoms with E-state index in [2.05, 4.69) is 5.32 Å². The molecule has 0 heterocycles. The third-order valence-corrected chi connectivity index (χ3v) is 3.00. The molecule has 2 rings (SSSR count). The van der Waals surface area contributed by atoms with Crippen LogP contribution in [0.3, 0.4) is 0 Å². The van der Waals surface area contributed by atoms with Gasteiger partial charge in [-0.2, -0.15) is 5.26 Å². The summed E-state index contributed by atoms with van der Waals surface area (Å²) in [5.74, 6) is 0.770. The molecule has 21 heavy (non-hydrogen) atoms. The number of aryl methyl sites for hydroxylation is 1. The maximum atomic E-state index is 10.9. The van der Waals surface area contributed by atoms with Crippen LogP contribution in [0.15, 0.2) is 36.4 Å². The zero-order valence-corrected chi connectivity index (χ0v) is 11.6. The molecule has 106 valence electrons. The fourth-order valence-electron chi connectivity index (χ4n) is 1.98. The number of benzene rings is 2. The Labute approximate surface area is 121 Å². The van der Waals surface area contributed by atoms with E-state index in [1.165, 1.54) is 12.1 Å². The van der Waals surface area contributed by atoms with Crippen molar-refractivity contribution in [1.29, 1.82) is 5.26 Å². The summed E-state index contributed by atoms with van der Waals surface area (Å²) >= 11 is 0. The van der Waals surface area contributed by atoms with E-state index in [0.29, 0.717) is 5.69 Å². The van der Waals surface area contributed by atoms with Crippen molar-refractivity contribution < 1.29 is 9.66 Å². The molecular formula is C15H13N3O3. The third-order valence-electron chi connectivity index (χ3n) is 3.00.